The van der Waals surface area contributed by atoms with Crippen LogP contribution in [0.15, 0.2) is 42.5 Å². The molecule has 1 atom stereocenters. The molecule has 2 heteroatoms. The van der Waals surface area contributed by atoms with Crippen LogP contribution in [-0.4, -0.2) is 5.78 Å². The number of Topliss-reactive ketones (excluding diaryl/α,β-unsaturated/α-hetero) is 1. The summed E-state index contributed by atoms with van der Waals surface area (Å²) in [5.41, 5.74) is 4.22. The summed E-state index contributed by atoms with van der Waals surface area (Å²) in [6.07, 6.45) is 3.05. The molecule has 0 heterocycles. The highest BCUT2D eigenvalue weighted by Crippen LogP contribution is 2.35. The van der Waals surface area contributed by atoms with E-state index >= 15 is 0 Å². The van der Waals surface area contributed by atoms with Gasteiger partial charge in [0.15, 0.2) is 5.78 Å². The number of ketones is 1. The molecule has 0 radical (unpaired) electrons. The van der Waals surface area contributed by atoms with Crippen LogP contribution in [0.4, 0.5) is 0 Å². The summed E-state index contributed by atoms with van der Waals surface area (Å²) in [5.74, 6) is 0.113. The van der Waals surface area contributed by atoms with Gasteiger partial charge in [-0.3, -0.25) is 4.79 Å². The zero-order chi connectivity index (χ0) is 14.1. The van der Waals surface area contributed by atoms with Crippen LogP contribution >= 0.6 is 11.6 Å². The van der Waals surface area contributed by atoms with Gasteiger partial charge in [-0.1, -0.05) is 41.9 Å². The number of carbonyl (C=O) groups is 1. The third-order valence-corrected chi connectivity index (χ3v) is 4.39. The highest BCUT2D eigenvalue weighted by Gasteiger charge is 2.28. The minimum Gasteiger partial charge on any atom is -0.293 e. The fraction of sp³-hybridized carbons (Fsp3) is 0.278. The average molecular weight is 285 g/mol. The molecule has 102 valence electrons. The molecule has 3 rings (SSSR count). The van der Waals surface area contributed by atoms with Gasteiger partial charge >= 0.3 is 0 Å². The second kappa shape index (κ2) is 5.41. The number of carbonyl (C=O) groups excluding carboxylic acids is 1. The molecule has 0 bridgehead atoms. The van der Waals surface area contributed by atoms with E-state index in [4.69, 9.17) is 11.6 Å². The minimum absolute atomic E-state index is 0.0415. The predicted molar refractivity (Wildman–Crippen MR) is 82.6 cm³/mol. The van der Waals surface area contributed by atoms with Crippen molar-refractivity contribution in [1.82, 2.24) is 0 Å². The van der Waals surface area contributed by atoms with Crippen LogP contribution < -0.4 is 0 Å². The van der Waals surface area contributed by atoms with Crippen molar-refractivity contribution in [3.05, 3.63) is 69.7 Å². The van der Waals surface area contributed by atoms with Crippen molar-refractivity contribution in [2.75, 3.05) is 0 Å². The van der Waals surface area contributed by atoms with E-state index in [9.17, 15) is 4.79 Å². The largest absolute Gasteiger partial charge is 0.293 e. The molecule has 0 spiro atoms. The Kier molecular flexibility index (Phi) is 3.62. The van der Waals surface area contributed by atoms with E-state index in [2.05, 4.69) is 12.1 Å². The number of halogens is 1. The Balaban J connectivity index is 2.00. The van der Waals surface area contributed by atoms with Crippen molar-refractivity contribution < 1.29 is 4.79 Å². The Labute approximate surface area is 124 Å². The van der Waals surface area contributed by atoms with Crippen molar-refractivity contribution in [3.63, 3.8) is 0 Å². The fourth-order valence-corrected chi connectivity index (χ4v) is 3.36. The second-order valence-electron chi connectivity index (χ2n) is 5.49. The molecule has 2 aromatic carbocycles. The van der Waals surface area contributed by atoms with E-state index in [0.717, 1.165) is 24.8 Å². The lowest BCUT2D eigenvalue weighted by atomic mass is 9.79. The molecule has 2 aromatic rings. The van der Waals surface area contributed by atoms with Crippen LogP contribution in [0.1, 0.15) is 45.8 Å². The van der Waals surface area contributed by atoms with E-state index in [1.165, 1.54) is 11.1 Å². The zero-order valence-electron chi connectivity index (χ0n) is 11.5. The van der Waals surface area contributed by atoms with Crippen LogP contribution in [0, 0.1) is 6.92 Å². The van der Waals surface area contributed by atoms with Crippen molar-refractivity contribution in [2.45, 2.75) is 32.1 Å². The summed E-state index contributed by atoms with van der Waals surface area (Å²) in [6, 6.07) is 13.9. The molecular weight excluding hydrogens is 268 g/mol. The number of fused-ring (bicyclic) bond motifs is 1. The van der Waals surface area contributed by atoms with Gasteiger partial charge < -0.3 is 0 Å². The minimum atomic E-state index is -0.0415. The molecule has 0 fully saturated rings. The lowest BCUT2D eigenvalue weighted by Crippen LogP contribution is -2.19. The number of hydrogen-bond donors (Lipinski definition) is 0. The molecule has 20 heavy (non-hydrogen) atoms. The quantitative estimate of drug-likeness (QED) is 0.713. The van der Waals surface area contributed by atoms with Gasteiger partial charge in [-0.15, -0.1) is 0 Å². The second-order valence-corrected chi connectivity index (χ2v) is 5.90. The van der Waals surface area contributed by atoms with Gasteiger partial charge in [-0.05, 0) is 55.0 Å². The molecule has 0 aliphatic heterocycles. The van der Waals surface area contributed by atoms with Crippen LogP contribution in [0.3, 0.4) is 0 Å². The Morgan fingerprint density at radius 2 is 2.00 bits per heavy atom. The number of rotatable bonds is 2. The topological polar surface area (TPSA) is 17.1 Å². The van der Waals surface area contributed by atoms with E-state index in [1.54, 1.807) is 0 Å². The van der Waals surface area contributed by atoms with E-state index < -0.39 is 0 Å². The predicted octanol–water partition coefficient (Wildman–Crippen LogP) is 4.95. The Morgan fingerprint density at radius 3 is 2.80 bits per heavy atom. The monoisotopic (exact) mass is 284 g/mol. The summed E-state index contributed by atoms with van der Waals surface area (Å²) >= 11 is 6.25. The van der Waals surface area contributed by atoms with Crippen molar-refractivity contribution >= 4 is 17.4 Å². The van der Waals surface area contributed by atoms with Gasteiger partial charge in [-0.2, -0.15) is 0 Å². The Bertz CT molecular complexity index is 660. The zero-order valence-corrected chi connectivity index (χ0v) is 12.3. The summed E-state index contributed by atoms with van der Waals surface area (Å²) in [6.45, 7) is 1.98. The first-order valence-corrected chi connectivity index (χ1v) is 7.43. The smallest absolute Gasteiger partial charge is 0.171 e. The first-order chi connectivity index (χ1) is 9.66. The molecule has 0 aromatic heterocycles. The van der Waals surface area contributed by atoms with Crippen molar-refractivity contribution in [3.8, 4) is 0 Å². The maximum atomic E-state index is 12.8. The summed E-state index contributed by atoms with van der Waals surface area (Å²) in [7, 11) is 0. The maximum Gasteiger partial charge on any atom is 0.171 e. The molecule has 0 N–H and O–H groups in total. The first kappa shape index (κ1) is 13.4. The normalized spacial score (nSPS) is 17.6. The molecule has 1 aliphatic carbocycles. The first-order valence-electron chi connectivity index (χ1n) is 7.05. The molecular formula is C18H17ClO. The average Bonchev–Trinajstić information content (AvgIpc) is 2.46. The van der Waals surface area contributed by atoms with E-state index in [0.29, 0.717) is 10.6 Å². The molecule has 0 amide bonds. The Hall–Kier alpha value is -1.60. The lowest BCUT2D eigenvalue weighted by molar-refractivity contribution is 0.0951. The summed E-state index contributed by atoms with van der Waals surface area (Å²) < 4.78 is 0. The fourth-order valence-electron chi connectivity index (χ4n) is 3.03. The standard InChI is InChI=1S/C18H17ClO/c1-12-9-10-16(17(19)11-12)18(20)15-8-4-6-13-5-2-3-7-14(13)15/h2-3,5,7,9-11,15H,4,6,8H2,1H3. The molecule has 1 aliphatic rings. The van der Waals surface area contributed by atoms with E-state index in [-0.39, 0.29) is 11.7 Å². The van der Waals surface area contributed by atoms with Crippen molar-refractivity contribution in [2.24, 2.45) is 0 Å². The number of aryl methyl sites for hydroxylation is 2. The van der Waals surface area contributed by atoms with Crippen LogP contribution in [0.25, 0.3) is 0 Å². The highest BCUT2D eigenvalue weighted by atomic mass is 35.5. The number of hydrogen-bond acceptors (Lipinski definition) is 1. The third-order valence-electron chi connectivity index (χ3n) is 4.08. The van der Waals surface area contributed by atoms with Gasteiger partial charge in [-0.25, -0.2) is 0 Å². The van der Waals surface area contributed by atoms with Crippen LogP contribution in [-0.2, 0) is 6.42 Å². The highest BCUT2D eigenvalue weighted by molar-refractivity contribution is 6.34. The van der Waals surface area contributed by atoms with E-state index in [1.807, 2.05) is 37.3 Å². The van der Waals surface area contributed by atoms with Crippen LogP contribution in [0.2, 0.25) is 5.02 Å². The van der Waals surface area contributed by atoms with Gasteiger partial charge in [0.05, 0.1) is 5.02 Å². The molecule has 0 saturated carbocycles. The molecule has 1 nitrogen and oxygen atoms in total. The lowest BCUT2D eigenvalue weighted by Gasteiger charge is -2.24. The number of benzene rings is 2. The van der Waals surface area contributed by atoms with Gasteiger partial charge in [0.2, 0.25) is 0 Å². The van der Waals surface area contributed by atoms with Crippen molar-refractivity contribution in [1.29, 1.82) is 0 Å². The maximum absolute atomic E-state index is 12.8. The summed E-state index contributed by atoms with van der Waals surface area (Å²) in [5, 5.41) is 0.568. The molecule has 0 saturated heterocycles. The SMILES string of the molecule is Cc1ccc(C(=O)C2CCCc3ccccc32)c(Cl)c1. The van der Waals surface area contributed by atoms with Gasteiger partial charge in [0.1, 0.15) is 0 Å². The van der Waals surface area contributed by atoms with Crippen LogP contribution in [0.5, 0.6) is 0 Å². The molecule has 1 unspecified atom stereocenters. The van der Waals surface area contributed by atoms with Gasteiger partial charge in [0.25, 0.3) is 0 Å². The summed E-state index contributed by atoms with van der Waals surface area (Å²) in [4.78, 5) is 12.8. The van der Waals surface area contributed by atoms with Gasteiger partial charge in [0, 0.05) is 11.5 Å². The third kappa shape index (κ3) is 2.38. The Morgan fingerprint density at radius 1 is 1.20 bits per heavy atom.